The van der Waals surface area contributed by atoms with Crippen molar-refractivity contribution in [1.29, 1.82) is 0 Å². The van der Waals surface area contributed by atoms with Gasteiger partial charge in [0, 0.05) is 25.5 Å². The predicted octanol–water partition coefficient (Wildman–Crippen LogP) is 2.46. The van der Waals surface area contributed by atoms with Crippen LogP contribution in [0.15, 0.2) is 24.0 Å². The van der Waals surface area contributed by atoms with E-state index in [4.69, 9.17) is 0 Å². The molecule has 0 aromatic carbocycles. The van der Waals surface area contributed by atoms with Gasteiger partial charge in [-0.3, -0.25) is 4.79 Å². The second-order valence-corrected chi connectivity index (χ2v) is 6.49. The Labute approximate surface area is 144 Å². The number of anilines is 1. The summed E-state index contributed by atoms with van der Waals surface area (Å²) in [5.74, 6) is 0.461. The monoisotopic (exact) mass is 331 g/mol. The zero-order valence-corrected chi connectivity index (χ0v) is 14.8. The number of carbonyl (C=O) groups excluding carboxylic acids is 1. The number of hydrogen-bond acceptors (Lipinski definition) is 5. The Hall–Kier alpha value is -1.95. The highest BCUT2D eigenvalue weighted by Gasteiger charge is 2.08. The average molecular weight is 331 g/mol. The van der Waals surface area contributed by atoms with Gasteiger partial charge >= 0.3 is 0 Å². The van der Waals surface area contributed by atoms with Crippen molar-refractivity contribution in [2.75, 3.05) is 39.0 Å². The van der Waals surface area contributed by atoms with Gasteiger partial charge < -0.3 is 15.5 Å². The fourth-order valence-corrected chi connectivity index (χ4v) is 2.70. The molecule has 1 aliphatic carbocycles. The summed E-state index contributed by atoms with van der Waals surface area (Å²) < 4.78 is 0. The smallest absolute Gasteiger partial charge is 0.254 e. The molecule has 1 amide bonds. The maximum Gasteiger partial charge on any atom is 0.254 e. The molecule has 0 saturated carbocycles. The molecule has 0 bridgehead atoms. The second-order valence-electron chi connectivity index (χ2n) is 6.49. The molecule has 0 aliphatic heterocycles. The van der Waals surface area contributed by atoms with E-state index in [1.807, 2.05) is 0 Å². The van der Waals surface area contributed by atoms with Crippen molar-refractivity contribution in [3.8, 4) is 0 Å². The molecule has 2 rings (SSSR count). The minimum atomic E-state index is -0.106. The zero-order valence-electron chi connectivity index (χ0n) is 14.8. The van der Waals surface area contributed by atoms with E-state index in [9.17, 15) is 4.79 Å². The number of aromatic nitrogens is 2. The van der Waals surface area contributed by atoms with Crippen LogP contribution in [0.5, 0.6) is 0 Å². The van der Waals surface area contributed by atoms with Crippen molar-refractivity contribution < 1.29 is 4.79 Å². The summed E-state index contributed by atoms with van der Waals surface area (Å²) in [4.78, 5) is 22.6. The summed E-state index contributed by atoms with van der Waals surface area (Å²) in [6.07, 6.45) is 12.4. The summed E-state index contributed by atoms with van der Waals surface area (Å²) in [5, 5.41) is 6.11. The largest absolute Gasteiger partial charge is 0.354 e. The molecule has 0 radical (unpaired) electrons. The number of nitrogens with zero attached hydrogens (tertiary/aromatic N) is 3. The number of nitrogens with one attached hydrogen (secondary N) is 2. The first-order chi connectivity index (χ1) is 11.6. The molecule has 132 valence electrons. The maximum atomic E-state index is 12.1. The maximum absolute atomic E-state index is 12.1. The van der Waals surface area contributed by atoms with Crippen LogP contribution in [0.25, 0.3) is 0 Å². The van der Waals surface area contributed by atoms with Crippen molar-refractivity contribution >= 4 is 11.9 Å². The number of rotatable bonds is 9. The van der Waals surface area contributed by atoms with Crippen LogP contribution < -0.4 is 10.6 Å². The highest BCUT2D eigenvalue weighted by Crippen LogP contribution is 2.19. The lowest BCUT2D eigenvalue weighted by atomic mass is 9.97. The van der Waals surface area contributed by atoms with Gasteiger partial charge in [-0.15, -0.1) is 0 Å². The Morgan fingerprint density at radius 2 is 2.00 bits per heavy atom. The summed E-state index contributed by atoms with van der Waals surface area (Å²) in [5.41, 5.74) is 1.97. The molecular formula is C18H29N5O. The number of amides is 1. The van der Waals surface area contributed by atoms with Gasteiger partial charge in [0.1, 0.15) is 0 Å². The second kappa shape index (κ2) is 10.0. The average Bonchev–Trinajstić information content (AvgIpc) is 2.60. The van der Waals surface area contributed by atoms with Gasteiger partial charge in [0.15, 0.2) is 0 Å². The van der Waals surface area contributed by atoms with Crippen LogP contribution in [-0.2, 0) is 0 Å². The van der Waals surface area contributed by atoms with E-state index in [0.29, 0.717) is 18.1 Å². The lowest BCUT2D eigenvalue weighted by molar-refractivity contribution is 0.0953. The summed E-state index contributed by atoms with van der Waals surface area (Å²) in [7, 11) is 4.10. The van der Waals surface area contributed by atoms with Crippen molar-refractivity contribution in [2.45, 2.75) is 38.5 Å². The third-order valence-corrected chi connectivity index (χ3v) is 4.10. The Kier molecular flexibility index (Phi) is 7.68. The minimum Gasteiger partial charge on any atom is -0.354 e. The third kappa shape index (κ3) is 6.66. The highest BCUT2D eigenvalue weighted by atomic mass is 16.1. The van der Waals surface area contributed by atoms with Crippen LogP contribution in [0.4, 0.5) is 5.95 Å². The molecule has 0 spiro atoms. The SMILES string of the molecule is CN(C)CCCNc1ncc(C(=O)NCCC2=CCCCC2)cn1. The van der Waals surface area contributed by atoms with E-state index in [1.165, 1.54) is 31.3 Å². The number of allylic oxidation sites excluding steroid dienone is 1. The lowest BCUT2D eigenvalue weighted by Gasteiger charge is -2.13. The fourth-order valence-electron chi connectivity index (χ4n) is 2.70. The fraction of sp³-hybridized carbons (Fsp3) is 0.611. The molecule has 1 heterocycles. The normalized spacial score (nSPS) is 14.4. The Balaban J connectivity index is 1.69. The van der Waals surface area contributed by atoms with E-state index >= 15 is 0 Å². The number of carbonyl (C=O) groups is 1. The van der Waals surface area contributed by atoms with E-state index in [2.05, 4.69) is 45.7 Å². The molecule has 0 unspecified atom stereocenters. The van der Waals surface area contributed by atoms with Gasteiger partial charge in [0.05, 0.1) is 5.56 Å². The Bertz CT molecular complexity index is 539. The topological polar surface area (TPSA) is 70.2 Å². The van der Waals surface area contributed by atoms with Gasteiger partial charge in [0.2, 0.25) is 5.95 Å². The van der Waals surface area contributed by atoms with Crippen LogP contribution >= 0.6 is 0 Å². The first-order valence-electron chi connectivity index (χ1n) is 8.82. The summed E-state index contributed by atoms with van der Waals surface area (Å²) in [6, 6.07) is 0. The van der Waals surface area contributed by atoms with Crippen LogP contribution in [0.2, 0.25) is 0 Å². The molecule has 1 aromatic rings. The standard InChI is InChI=1S/C18H29N5O/c1-23(2)12-6-10-20-18-21-13-16(14-22-18)17(24)19-11-9-15-7-4-3-5-8-15/h7,13-14H,3-6,8-12H2,1-2H3,(H,19,24)(H,20,21,22). The highest BCUT2D eigenvalue weighted by molar-refractivity contribution is 5.93. The molecule has 24 heavy (non-hydrogen) atoms. The molecule has 6 nitrogen and oxygen atoms in total. The van der Waals surface area contributed by atoms with Gasteiger partial charge in [0.25, 0.3) is 5.91 Å². The molecule has 1 aliphatic rings. The van der Waals surface area contributed by atoms with Crippen molar-refractivity contribution in [2.24, 2.45) is 0 Å². The van der Waals surface area contributed by atoms with Crippen LogP contribution in [0.1, 0.15) is 48.9 Å². The predicted molar refractivity (Wildman–Crippen MR) is 97.2 cm³/mol. The van der Waals surface area contributed by atoms with Crippen LogP contribution in [0.3, 0.4) is 0 Å². The molecular weight excluding hydrogens is 302 g/mol. The van der Waals surface area contributed by atoms with Gasteiger partial charge in [-0.25, -0.2) is 9.97 Å². The van der Waals surface area contributed by atoms with Gasteiger partial charge in [-0.2, -0.15) is 0 Å². The molecule has 2 N–H and O–H groups in total. The first-order valence-corrected chi connectivity index (χ1v) is 8.82. The zero-order chi connectivity index (χ0) is 17.2. The third-order valence-electron chi connectivity index (χ3n) is 4.10. The molecule has 6 heteroatoms. The van der Waals surface area contributed by atoms with Gasteiger partial charge in [-0.05, 0) is 59.2 Å². The lowest BCUT2D eigenvalue weighted by Crippen LogP contribution is -2.25. The van der Waals surface area contributed by atoms with Crippen molar-refractivity contribution in [3.63, 3.8) is 0 Å². The van der Waals surface area contributed by atoms with E-state index in [-0.39, 0.29) is 5.91 Å². The van der Waals surface area contributed by atoms with Crippen molar-refractivity contribution in [3.05, 3.63) is 29.6 Å². The number of hydrogen-bond donors (Lipinski definition) is 2. The minimum absolute atomic E-state index is 0.106. The van der Waals surface area contributed by atoms with E-state index < -0.39 is 0 Å². The van der Waals surface area contributed by atoms with E-state index in [0.717, 1.165) is 25.9 Å². The molecule has 0 fully saturated rings. The molecule has 0 atom stereocenters. The van der Waals surface area contributed by atoms with Crippen molar-refractivity contribution in [1.82, 2.24) is 20.2 Å². The quantitative estimate of drug-likeness (QED) is 0.537. The molecule has 0 saturated heterocycles. The summed E-state index contributed by atoms with van der Waals surface area (Å²) in [6.45, 7) is 2.51. The van der Waals surface area contributed by atoms with Gasteiger partial charge in [-0.1, -0.05) is 11.6 Å². The Morgan fingerprint density at radius 3 is 2.67 bits per heavy atom. The van der Waals surface area contributed by atoms with Crippen LogP contribution in [-0.4, -0.2) is 54.5 Å². The van der Waals surface area contributed by atoms with E-state index in [1.54, 1.807) is 12.4 Å². The Morgan fingerprint density at radius 1 is 1.21 bits per heavy atom. The summed E-state index contributed by atoms with van der Waals surface area (Å²) >= 11 is 0. The first kappa shape index (κ1) is 18.4. The molecule has 1 aromatic heterocycles. The van der Waals surface area contributed by atoms with Crippen LogP contribution in [0, 0.1) is 0 Å².